The molecule has 0 fully saturated rings. The maximum atomic E-state index is 13.9. The van der Waals surface area contributed by atoms with Gasteiger partial charge in [0, 0.05) is 31.2 Å². The Labute approximate surface area is 161 Å². The maximum absolute atomic E-state index is 13.9. The summed E-state index contributed by atoms with van der Waals surface area (Å²) in [6.07, 6.45) is 0. The van der Waals surface area contributed by atoms with Gasteiger partial charge in [-0.05, 0) is 37.3 Å². The second-order valence-electron chi connectivity index (χ2n) is 6.16. The van der Waals surface area contributed by atoms with E-state index in [0.29, 0.717) is 11.0 Å². The molecule has 1 heterocycles. The molecule has 7 nitrogen and oxygen atoms in total. The van der Waals surface area contributed by atoms with Gasteiger partial charge in [-0.15, -0.1) is 0 Å². The minimum Gasteiger partial charge on any atom is -0.489 e. The Bertz CT molecular complexity index is 1140. The van der Waals surface area contributed by atoms with Gasteiger partial charge in [0.2, 0.25) is 0 Å². The van der Waals surface area contributed by atoms with Crippen molar-refractivity contribution >= 4 is 32.6 Å². The van der Waals surface area contributed by atoms with Crippen LogP contribution in [0.25, 0.3) is 11.0 Å². The highest BCUT2D eigenvalue weighted by Gasteiger charge is 2.26. The van der Waals surface area contributed by atoms with E-state index in [1.165, 1.54) is 12.1 Å². The van der Waals surface area contributed by atoms with Crippen LogP contribution in [0.4, 0.5) is 10.1 Å². The van der Waals surface area contributed by atoms with Gasteiger partial charge in [-0.2, -0.15) is 0 Å². The lowest BCUT2D eigenvalue weighted by Gasteiger charge is -2.12. The SMILES string of the molecule is CCOc1c(F)cccc1S(=O)(=O)NC(=O)c1cc2ccc(N(C)C)cc2o1. The number of para-hydroxylation sites is 1. The number of anilines is 1. The molecule has 1 amide bonds. The van der Waals surface area contributed by atoms with Crippen LogP contribution in [0.2, 0.25) is 0 Å². The lowest BCUT2D eigenvalue weighted by atomic mass is 10.2. The van der Waals surface area contributed by atoms with Crippen molar-refractivity contribution in [2.45, 2.75) is 11.8 Å². The molecule has 0 aliphatic heterocycles. The Balaban J connectivity index is 1.92. The van der Waals surface area contributed by atoms with E-state index in [1.807, 2.05) is 29.8 Å². The quantitative estimate of drug-likeness (QED) is 0.677. The van der Waals surface area contributed by atoms with Gasteiger partial charge >= 0.3 is 5.91 Å². The van der Waals surface area contributed by atoms with Crippen molar-refractivity contribution in [2.24, 2.45) is 0 Å². The lowest BCUT2D eigenvalue weighted by Crippen LogP contribution is -2.30. The van der Waals surface area contributed by atoms with E-state index >= 15 is 0 Å². The molecule has 148 valence electrons. The lowest BCUT2D eigenvalue weighted by molar-refractivity contribution is 0.0956. The molecule has 0 saturated carbocycles. The minimum absolute atomic E-state index is 0.0647. The molecule has 0 bridgehead atoms. The highest BCUT2D eigenvalue weighted by atomic mass is 32.2. The summed E-state index contributed by atoms with van der Waals surface area (Å²) in [7, 11) is -0.654. The van der Waals surface area contributed by atoms with Crippen molar-refractivity contribution in [3.63, 3.8) is 0 Å². The van der Waals surface area contributed by atoms with Crippen molar-refractivity contribution < 1.29 is 26.8 Å². The minimum atomic E-state index is -4.37. The molecule has 3 aromatic rings. The van der Waals surface area contributed by atoms with Crippen molar-refractivity contribution in [3.8, 4) is 5.75 Å². The van der Waals surface area contributed by atoms with Gasteiger partial charge in [0.25, 0.3) is 10.0 Å². The summed E-state index contributed by atoms with van der Waals surface area (Å²) in [5, 5.41) is 0.647. The number of hydrogen-bond donors (Lipinski definition) is 1. The van der Waals surface area contributed by atoms with Crippen LogP contribution >= 0.6 is 0 Å². The van der Waals surface area contributed by atoms with Crippen LogP contribution < -0.4 is 14.4 Å². The number of amides is 1. The molecule has 0 saturated heterocycles. The third-order valence-electron chi connectivity index (χ3n) is 3.98. The fourth-order valence-electron chi connectivity index (χ4n) is 2.62. The topological polar surface area (TPSA) is 88.8 Å². The fourth-order valence-corrected chi connectivity index (χ4v) is 3.74. The summed E-state index contributed by atoms with van der Waals surface area (Å²) in [6, 6.07) is 10.2. The van der Waals surface area contributed by atoms with Crippen LogP contribution in [-0.2, 0) is 10.0 Å². The number of carbonyl (C=O) groups is 1. The number of nitrogens with zero attached hydrogens (tertiary/aromatic N) is 1. The molecule has 9 heteroatoms. The largest absolute Gasteiger partial charge is 0.489 e. The van der Waals surface area contributed by atoms with Crippen LogP contribution in [0, 0.1) is 5.82 Å². The monoisotopic (exact) mass is 406 g/mol. The summed E-state index contributed by atoms with van der Waals surface area (Å²) in [4.78, 5) is 13.8. The zero-order chi connectivity index (χ0) is 20.5. The van der Waals surface area contributed by atoms with E-state index in [9.17, 15) is 17.6 Å². The van der Waals surface area contributed by atoms with E-state index in [-0.39, 0.29) is 12.4 Å². The molecular formula is C19H19FN2O5S. The van der Waals surface area contributed by atoms with Crippen molar-refractivity contribution in [1.29, 1.82) is 0 Å². The zero-order valence-electron chi connectivity index (χ0n) is 15.5. The molecule has 0 aliphatic carbocycles. The molecule has 0 unspecified atom stereocenters. The molecule has 0 spiro atoms. The molecule has 3 rings (SSSR count). The van der Waals surface area contributed by atoms with Crippen LogP contribution in [0.5, 0.6) is 5.75 Å². The standard InChI is InChI=1S/C19H19FN2O5S/c1-4-26-18-14(20)6-5-7-17(18)28(24,25)21-19(23)16-10-12-8-9-13(22(2)3)11-15(12)27-16/h5-11H,4H2,1-3H3,(H,21,23). The van der Waals surface area contributed by atoms with E-state index in [1.54, 1.807) is 19.1 Å². The van der Waals surface area contributed by atoms with Gasteiger partial charge in [-0.1, -0.05) is 6.07 Å². The van der Waals surface area contributed by atoms with Gasteiger partial charge < -0.3 is 14.1 Å². The Morgan fingerprint density at radius 1 is 1.21 bits per heavy atom. The predicted molar refractivity (Wildman–Crippen MR) is 103 cm³/mol. The fraction of sp³-hybridized carbons (Fsp3) is 0.211. The number of nitrogens with one attached hydrogen (secondary N) is 1. The summed E-state index contributed by atoms with van der Waals surface area (Å²) in [6.45, 7) is 1.66. The summed E-state index contributed by atoms with van der Waals surface area (Å²) >= 11 is 0. The molecule has 1 N–H and O–H groups in total. The normalized spacial score (nSPS) is 11.4. The van der Waals surface area contributed by atoms with Crippen molar-refractivity contribution in [3.05, 3.63) is 54.0 Å². The number of fused-ring (bicyclic) bond motifs is 1. The third-order valence-corrected chi connectivity index (χ3v) is 5.33. The van der Waals surface area contributed by atoms with E-state index in [2.05, 4.69) is 0 Å². The van der Waals surface area contributed by atoms with E-state index < -0.39 is 32.4 Å². The average molecular weight is 406 g/mol. The Kier molecular flexibility index (Phi) is 5.28. The molecule has 1 aromatic heterocycles. The van der Waals surface area contributed by atoms with Gasteiger partial charge in [-0.3, -0.25) is 4.79 Å². The Morgan fingerprint density at radius 2 is 1.96 bits per heavy atom. The predicted octanol–water partition coefficient (Wildman–Crippen LogP) is 3.16. The van der Waals surface area contributed by atoms with Crippen LogP contribution in [0.1, 0.15) is 17.5 Å². The first kappa shape index (κ1) is 19.7. The summed E-state index contributed by atoms with van der Waals surface area (Å²) in [5.74, 6) is -2.42. The molecule has 0 aliphatic rings. The van der Waals surface area contributed by atoms with Crippen LogP contribution in [0.15, 0.2) is 51.8 Å². The number of furan rings is 1. The number of rotatable bonds is 6. The highest BCUT2D eigenvalue weighted by molar-refractivity contribution is 7.90. The first-order valence-electron chi connectivity index (χ1n) is 8.42. The Morgan fingerprint density at radius 3 is 2.64 bits per heavy atom. The average Bonchev–Trinajstić information content (AvgIpc) is 3.06. The van der Waals surface area contributed by atoms with Crippen molar-refractivity contribution in [1.82, 2.24) is 4.72 Å². The molecule has 0 atom stereocenters. The molecule has 0 radical (unpaired) electrons. The van der Waals surface area contributed by atoms with E-state index in [4.69, 9.17) is 9.15 Å². The highest BCUT2D eigenvalue weighted by Crippen LogP contribution is 2.28. The second-order valence-corrected chi connectivity index (χ2v) is 7.81. The van der Waals surface area contributed by atoms with Gasteiger partial charge in [0.1, 0.15) is 10.5 Å². The zero-order valence-corrected chi connectivity index (χ0v) is 16.3. The van der Waals surface area contributed by atoms with Gasteiger partial charge in [0.15, 0.2) is 17.3 Å². The first-order valence-corrected chi connectivity index (χ1v) is 9.90. The number of benzene rings is 2. The number of ether oxygens (including phenoxy) is 1. The summed E-state index contributed by atoms with van der Waals surface area (Å²) in [5.41, 5.74) is 1.30. The number of sulfonamides is 1. The van der Waals surface area contributed by atoms with Crippen LogP contribution in [-0.4, -0.2) is 35.0 Å². The molecular weight excluding hydrogens is 387 g/mol. The van der Waals surface area contributed by atoms with E-state index in [0.717, 1.165) is 17.8 Å². The van der Waals surface area contributed by atoms with Gasteiger partial charge in [-0.25, -0.2) is 17.5 Å². The third kappa shape index (κ3) is 3.79. The number of halogens is 1. The van der Waals surface area contributed by atoms with Crippen molar-refractivity contribution in [2.75, 3.05) is 25.6 Å². The van der Waals surface area contributed by atoms with Gasteiger partial charge in [0.05, 0.1) is 6.61 Å². The number of carbonyl (C=O) groups excluding carboxylic acids is 1. The smallest absolute Gasteiger partial charge is 0.300 e. The first-order chi connectivity index (χ1) is 13.2. The summed E-state index contributed by atoms with van der Waals surface area (Å²) < 4.78 is 51.6. The maximum Gasteiger partial charge on any atom is 0.300 e. The number of hydrogen-bond acceptors (Lipinski definition) is 6. The van der Waals surface area contributed by atoms with Crippen LogP contribution in [0.3, 0.4) is 0 Å². The second kappa shape index (κ2) is 7.51. The molecule has 28 heavy (non-hydrogen) atoms. The Hall–Kier alpha value is -3.07. The molecule has 2 aromatic carbocycles.